The van der Waals surface area contributed by atoms with E-state index in [2.05, 4.69) is 6.07 Å². The van der Waals surface area contributed by atoms with Crippen LogP contribution in [0.25, 0.3) is 0 Å². The summed E-state index contributed by atoms with van der Waals surface area (Å²) in [5.41, 5.74) is 0.694. The van der Waals surface area contributed by atoms with E-state index in [0.29, 0.717) is 11.7 Å². The normalized spacial score (nSPS) is 27.4. The second-order valence-corrected chi connectivity index (χ2v) is 3.53. The average molecular weight is 176 g/mol. The van der Waals surface area contributed by atoms with Crippen molar-refractivity contribution < 1.29 is 5.11 Å². The third kappa shape index (κ3) is 1.45. The van der Waals surface area contributed by atoms with Crippen LogP contribution in [0.15, 0.2) is 18.3 Å². The number of aromatic nitrogens is 1. The van der Waals surface area contributed by atoms with Gasteiger partial charge in [0.25, 0.3) is 0 Å². The van der Waals surface area contributed by atoms with Crippen LogP contribution in [-0.2, 0) is 0 Å². The first-order valence-corrected chi connectivity index (χ1v) is 4.56. The summed E-state index contributed by atoms with van der Waals surface area (Å²) in [5.74, 6) is 0. The lowest BCUT2D eigenvalue weighted by Gasteiger charge is -2.12. The van der Waals surface area contributed by atoms with Gasteiger partial charge in [0, 0.05) is 12.2 Å². The van der Waals surface area contributed by atoms with Gasteiger partial charge < -0.3 is 9.67 Å². The van der Waals surface area contributed by atoms with Gasteiger partial charge in [-0.15, -0.1) is 0 Å². The standard InChI is InChI=1S/C10H12N2O/c11-7-9-2-1-5-12(9)8-3-4-10(13)6-8/h1-2,5,8,10,13H,3-4,6H2. The van der Waals surface area contributed by atoms with Crippen LogP contribution in [0.1, 0.15) is 31.0 Å². The highest BCUT2D eigenvalue weighted by molar-refractivity contribution is 5.23. The highest BCUT2D eigenvalue weighted by Gasteiger charge is 2.24. The average Bonchev–Trinajstić information content (AvgIpc) is 2.71. The lowest BCUT2D eigenvalue weighted by Crippen LogP contribution is -2.07. The molecule has 13 heavy (non-hydrogen) atoms. The molecule has 1 aromatic rings. The van der Waals surface area contributed by atoms with E-state index in [1.54, 1.807) is 0 Å². The minimum Gasteiger partial charge on any atom is -0.393 e. The Hall–Kier alpha value is -1.27. The molecule has 1 saturated carbocycles. The third-order valence-electron chi connectivity index (χ3n) is 2.66. The predicted octanol–water partition coefficient (Wildman–Crippen LogP) is 1.45. The highest BCUT2D eigenvalue weighted by Crippen LogP contribution is 2.30. The molecule has 0 spiro atoms. The first kappa shape index (κ1) is 8.33. The molecule has 0 aliphatic heterocycles. The van der Waals surface area contributed by atoms with Gasteiger partial charge in [-0.2, -0.15) is 5.26 Å². The molecule has 0 aromatic carbocycles. The van der Waals surface area contributed by atoms with Crippen LogP contribution in [0, 0.1) is 11.3 Å². The quantitative estimate of drug-likeness (QED) is 0.704. The van der Waals surface area contributed by atoms with Gasteiger partial charge in [0.1, 0.15) is 11.8 Å². The molecule has 2 rings (SSSR count). The maximum Gasteiger partial charge on any atom is 0.120 e. The molecule has 1 N–H and O–H groups in total. The summed E-state index contributed by atoms with van der Waals surface area (Å²) in [6.07, 6.45) is 4.35. The number of rotatable bonds is 1. The molecule has 1 aromatic heterocycles. The van der Waals surface area contributed by atoms with E-state index in [1.807, 2.05) is 22.9 Å². The molecule has 0 bridgehead atoms. The van der Waals surface area contributed by atoms with Crippen LogP contribution in [0.5, 0.6) is 0 Å². The van der Waals surface area contributed by atoms with Crippen molar-refractivity contribution in [3.05, 3.63) is 24.0 Å². The fourth-order valence-corrected chi connectivity index (χ4v) is 1.99. The van der Waals surface area contributed by atoms with E-state index < -0.39 is 0 Å². The summed E-state index contributed by atoms with van der Waals surface area (Å²) in [7, 11) is 0. The molecular weight excluding hydrogens is 164 g/mol. The molecule has 1 heterocycles. The van der Waals surface area contributed by atoms with Crippen molar-refractivity contribution in [2.75, 3.05) is 0 Å². The fraction of sp³-hybridized carbons (Fsp3) is 0.500. The lowest BCUT2D eigenvalue weighted by molar-refractivity contribution is 0.178. The highest BCUT2D eigenvalue weighted by atomic mass is 16.3. The Morgan fingerprint density at radius 2 is 2.38 bits per heavy atom. The molecule has 0 radical (unpaired) electrons. The molecule has 2 unspecified atom stereocenters. The van der Waals surface area contributed by atoms with Crippen LogP contribution < -0.4 is 0 Å². The Bertz CT molecular complexity index is 337. The first-order chi connectivity index (χ1) is 6.31. The molecule has 3 nitrogen and oxygen atoms in total. The number of nitrogens with zero attached hydrogens (tertiary/aromatic N) is 2. The van der Waals surface area contributed by atoms with Crippen molar-refractivity contribution >= 4 is 0 Å². The number of aliphatic hydroxyl groups is 1. The second kappa shape index (κ2) is 3.23. The zero-order valence-electron chi connectivity index (χ0n) is 7.35. The van der Waals surface area contributed by atoms with Gasteiger partial charge >= 0.3 is 0 Å². The van der Waals surface area contributed by atoms with E-state index in [4.69, 9.17) is 5.26 Å². The van der Waals surface area contributed by atoms with Gasteiger partial charge in [0.05, 0.1) is 6.10 Å². The van der Waals surface area contributed by atoms with Gasteiger partial charge in [-0.1, -0.05) is 0 Å². The number of hydrogen-bond acceptors (Lipinski definition) is 2. The Labute approximate surface area is 77.2 Å². The van der Waals surface area contributed by atoms with E-state index >= 15 is 0 Å². The monoisotopic (exact) mass is 176 g/mol. The van der Waals surface area contributed by atoms with Crippen molar-refractivity contribution in [1.29, 1.82) is 5.26 Å². The number of hydrogen-bond donors (Lipinski definition) is 1. The van der Waals surface area contributed by atoms with Gasteiger partial charge in [-0.3, -0.25) is 0 Å². The molecule has 68 valence electrons. The second-order valence-electron chi connectivity index (χ2n) is 3.53. The summed E-state index contributed by atoms with van der Waals surface area (Å²) < 4.78 is 1.97. The largest absolute Gasteiger partial charge is 0.393 e. The number of aliphatic hydroxyl groups excluding tert-OH is 1. The zero-order chi connectivity index (χ0) is 9.26. The van der Waals surface area contributed by atoms with Crippen LogP contribution in [0.2, 0.25) is 0 Å². The first-order valence-electron chi connectivity index (χ1n) is 4.56. The molecule has 2 atom stereocenters. The molecule has 0 amide bonds. The Morgan fingerprint density at radius 3 is 3.00 bits per heavy atom. The molecular formula is C10H12N2O. The predicted molar refractivity (Wildman–Crippen MR) is 48.0 cm³/mol. The van der Waals surface area contributed by atoms with E-state index in [0.717, 1.165) is 19.3 Å². The summed E-state index contributed by atoms with van der Waals surface area (Å²) >= 11 is 0. The molecule has 1 fully saturated rings. The van der Waals surface area contributed by atoms with Gasteiger partial charge in [0.15, 0.2) is 0 Å². The lowest BCUT2D eigenvalue weighted by atomic mass is 10.2. The zero-order valence-corrected chi connectivity index (χ0v) is 7.35. The number of nitriles is 1. The van der Waals surface area contributed by atoms with E-state index in [1.165, 1.54) is 0 Å². The van der Waals surface area contributed by atoms with Crippen molar-refractivity contribution in [2.45, 2.75) is 31.4 Å². The van der Waals surface area contributed by atoms with Crippen molar-refractivity contribution in [2.24, 2.45) is 0 Å². The smallest absolute Gasteiger partial charge is 0.120 e. The molecule has 0 saturated heterocycles. The minimum atomic E-state index is -0.182. The molecule has 1 aliphatic rings. The fourth-order valence-electron chi connectivity index (χ4n) is 1.99. The minimum absolute atomic E-state index is 0.182. The van der Waals surface area contributed by atoms with Crippen LogP contribution >= 0.6 is 0 Å². The summed E-state index contributed by atoms with van der Waals surface area (Å²) in [6, 6.07) is 6.16. The van der Waals surface area contributed by atoms with Crippen molar-refractivity contribution in [1.82, 2.24) is 4.57 Å². The summed E-state index contributed by atoms with van der Waals surface area (Å²) in [6.45, 7) is 0. The van der Waals surface area contributed by atoms with Gasteiger partial charge in [0.2, 0.25) is 0 Å². The van der Waals surface area contributed by atoms with Crippen LogP contribution in [0.4, 0.5) is 0 Å². The SMILES string of the molecule is N#Cc1cccn1C1CCC(O)C1. The van der Waals surface area contributed by atoms with E-state index in [9.17, 15) is 5.11 Å². The van der Waals surface area contributed by atoms with Gasteiger partial charge in [-0.05, 0) is 31.4 Å². The van der Waals surface area contributed by atoms with Crippen LogP contribution in [0.3, 0.4) is 0 Å². The summed E-state index contributed by atoms with van der Waals surface area (Å²) in [5, 5.41) is 18.2. The van der Waals surface area contributed by atoms with Crippen LogP contribution in [-0.4, -0.2) is 15.8 Å². The maximum absolute atomic E-state index is 9.37. The molecule has 3 heteroatoms. The topological polar surface area (TPSA) is 49.0 Å². The van der Waals surface area contributed by atoms with E-state index in [-0.39, 0.29) is 6.10 Å². The van der Waals surface area contributed by atoms with Crippen molar-refractivity contribution in [3.63, 3.8) is 0 Å². The Balaban J connectivity index is 2.22. The van der Waals surface area contributed by atoms with Gasteiger partial charge in [-0.25, -0.2) is 0 Å². The van der Waals surface area contributed by atoms with Crippen molar-refractivity contribution in [3.8, 4) is 6.07 Å². The molecule has 1 aliphatic carbocycles. The summed E-state index contributed by atoms with van der Waals surface area (Å²) in [4.78, 5) is 0. The third-order valence-corrected chi connectivity index (χ3v) is 2.66. The Morgan fingerprint density at radius 1 is 1.54 bits per heavy atom. The maximum atomic E-state index is 9.37. The Kier molecular flexibility index (Phi) is 2.07.